The number of aliphatic hydroxyl groups excluding tert-OH is 1. The van der Waals surface area contributed by atoms with Crippen LogP contribution in [-0.4, -0.2) is 62.1 Å². The van der Waals surface area contributed by atoms with Gasteiger partial charge in [0.05, 0.1) is 24.1 Å². The van der Waals surface area contributed by atoms with Crippen LogP contribution in [0.2, 0.25) is 5.02 Å². The first-order valence-corrected chi connectivity index (χ1v) is 18.5. The molecule has 3 fully saturated rings. The predicted molar refractivity (Wildman–Crippen MR) is 196 cm³/mol. The monoisotopic (exact) mass is 743 g/mol. The molecule has 3 N–H and O–H groups in total. The van der Waals surface area contributed by atoms with Crippen LogP contribution in [0, 0.1) is 5.41 Å². The van der Waals surface area contributed by atoms with E-state index in [1.807, 2.05) is 54.6 Å². The van der Waals surface area contributed by atoms with Gasteiger partial charge in [0.25, 0.3) is 0 Å². The van der Waals surface area contributed by atoms with Gasteiger partial charge >= 0.3 is 23.9 Å². The summed E-state index contributed by atoms with van der Waals surface area (Å²) >= 11 is 7.95. The third-order valence-corrected chi connectivity index (χ3v) is 12.0. The van der Waals surface area contributed by atoms with E-state index in [-0.39, 0.29) is 22.8 Å². The van der Waals surface area contributed by atoms with Crippen molar-refractivity contribution < 1.29 is 43.9 Å². The van der Waals surface area contributed by atoms with Gasteiger partial charge in [0.2, 0.25) is 5.60 Å². The summed E-state index contributed by atoms with van der Waals surface area (Å²) < 4.78 is 16.1. The molecule has 2 saturated heterocycles. The molecule has 1 unspecified atom stereocenters. The zero-order valence-corrected chi connectivity index (χ0v) is 30.0. The molecule has 3 heterocycles. The van der Waals surface area contributed by atoms with Crippen LogP contribution in [0.25, 0.3) is 23.1 Å². The lowest BCUT2D eigenvalue weighted by Crippen LogP contribution is -2.57. The number of hydrogen-bond donors (Lipinski definition) is 3. The van der Waals surface area contributed by atoms with Gasteiger partial charge in [-0.05, 0) is 79.1 Å². The van der Waals surface area contributed by atoms with E-state index in [9.17, 15) is 29.7 Å². The molecular weight excluding hydrogens is 706 g/mol. The molecule has 3 aliphatic rings. The number of halogens is 1. The van der Waals surface area contributed by atoms with Gasteiger partial charge < -0.3 is 29.5 Å². The number of fused-ring (bicyclic) bond motifs is 4. The second-order valence-corrected chi connectivity index (χ2v) is 15.7. The van der Waals surface area contributed by atoms with Gasteiger partial charge in [-0.1, -0.05) is 78.3 Å². The third kappa shape index (κ3) is 7.20. The Balaban J connectivity index is 1.16. The van der Waals surface area contributed by atoms with E-state index in [4.69, 9.17) is 30.8 Å². The van der Waals surface area contributed by atoms with Crippen LogP contribution in [0.5, 0.6) is 0 Å². The van der Waals surface area contributed by atoms with E-state index < -0.39 is 47.9 Å². The second-order valence-electron chi connectivity index (χ2n) is 14.1. The Bertz CT molecular complexity index is 2060. The third-order valence-electron chi connectivity index (χ3n) is 10.1. The van der Waals surface area contributed by atoms with Crippen LogP contribution in [0.1, 0.15) is 72.2 Å². The number of carbonyl (C=O) groups excluding carboxylic acids is 3. The lowest BCUT2D eigenvalue weighted by molar-refractivity contribution is -0.390. The Morgan fingerprint density at radius 1 is 0.942 bits per heavy atom. The number of rotatable bonds is 12. The highest BCUT2D eigenvalue weighted by Crippen LogP contribution is 2.51. The van der Waals surface area contributed by atoms with Crippen LogP contribution in [-0.2, 0) is 40.6 Å². The molecule has 3 aromatic carbocycles. The second kappa shape index (κ2) is 13.9. The van der Waals surface area contributed by atoms with E-state index in [0.29, 0.717) is 23.4 Å². The highest BCUT2D eigenvalue weighted by Gasteiger charge is 2.67. The molecule has 10 nitrogen and oxygen atoms in total. The molecular formula is C40H38ClNO9S. The Kier molecular flexibility index (Phi) is 9.68. The average Bonchev–Trinajstić information content (AvgIpc) is 3.92. The SMILES string of the molecule is CC(O)(c1ccccc1CC[C@@H](SCC1(CO)CC1)c1cccc(/C=C/c2ccc3ccc(Cl)cc3n2)c1)C12OC(=O)CC(O)(CC(=O)O1)C(=O)O2. The molecule has 7 rings (SSSR count). The Hall–Kier alpha value is -4.26. The van der Waals surface area contributed by atoms with Crippen molar-refractivity contribution >= 4 is 64.3 Å². The molecule has 52 heavy (non-hydrogen) atoms. The summed E-state index contributed by atoms with van der Waals surface area (Å²) in [5.41, 5.74) is -0.401. The number of benzene rings is 3. The highest BCUT2D eigenvalue weighted by atomic mass is 35.5. The van der Waals surface area contributed by atoms with E-state index in [1.54, 1.807) is 36.0 Å². The molecule has 2 bridgehead atoms. The predicted octanol–water partition coefficient (Wildman–Crippen LogP) is 6.27. The minimum Gasteiger partial charge on any atom is -0.396 e. The number of aliphatic hydroxyl groups is 3. The number of aromatic nitrogens is 1. The molecule has 2 atom stereocenters. The van der Waals surface area contributed by atoms with Crippen molar-refractivity contribution in [2.24, 2.45) is 5.41 Å². The first kappa shape index (κ1) is 36.1. The lowest BCUT2D eigenvalue weighted by atomic mass is 9.86. The molecule has 270 valence electrons. The number of thioether (sulfide) groups is 1. The fourth-order valence-corrected chi connectivity index (χ4v) is 8.42. The van der Waals surface area contributed by atoms with Gasteiger partial charge in [0, 0.05) is 33.4 Å². The summed E-state index contributed by atoms with van der Waals surface area (Å²) in [4.78, 5) is 43.2. The van der Waals surface area contributed by atoms with Crippen molar-refractivity contribution in [1.29, 1.82) is 0 Å². The van der Waals surface area contributed by atoms with Crippen molar-refractivity contribution in [2.75, 3.05) is 12.4 Å². The Labute approximate surface area is 309 Å². The summed E-state index contributed by atoms with van der Waals surface area (Å²) in [6.07, 6.45) is 5.28. The van der Waals surface area contributed by atoms with Crippen LogP contribution in [0.15, 0.2) is 78.9 Å². The Morgan fingerprint density at radius 3 is 2.40 bits per heavy atom. The van der Waals surface area contributed by atoms with Gasteiger partial charge in [0.15, 0.2) is 5.60 Å². The maximum Gasteiger partial charge on any atom is 0.458 e. The number of nitrogens with zero attached hydrogens (tertiary/aromatic N) is 1. The van der Waals surface area contributed by atoms with E-state index >= 15 is 0 Å². The standard InChI is InChI=1S/C40H38ClNO9S/c1-37(47,40-49-34(44)21-39(48,36(46)51-40)22-35(45)50-40)31-8-3-2-6-26(31)12-16-33(52-24-38(23-43)17-18-38)28-7-4-5-25(19-28)9-14-30-15-11-27-10-13-29(41)20-32(27)42-30/h2-11,13-15,19-20,33,43,47-48H,12,16-18,21-24H2,1H3/b14-9+/t33-,37?,39?,40?/m1/s1. The molecule has 1 saturated carbocycles. The molecule has 1 aliphatic carbocycles. The topological polar surface area (TPSA) is 152 Å². The summed E-state index contributed by atoms with van der Waals surface area (Å²) in [5.74, 6) is -5.52. The highest BCUT2D eigenvalue weighted by molar-refractivity contribution is 7.99. The molecule has 2 aliphatic heterocycles. The van der Waals surface area contributed by atoms with Crippen LogP contribution in [0.3, 0.4) is 0 Å². The van der Waals surface area contributed by atoms with Crippen molar-refractivity contribution in [3.05, 3.63) is 112 Å². The number of hydrogen-bond acceptors (Lipinski definition) is 11. The van der Waals surface area contributed by atoms with Crippen molar-refractivity contribution in [3.8, 4) is 0 Å². The van der Waals surface area contributed by atoms with E-state index in [0.717, 1.165) is 46.3 Å². The number of aryl methyl sites for hydroxylation is 1. The minimum atomic E-state index is -2.85. The van der Waals surface area contributed by atoms with Gasteiger partial charge in [-0.25, -0.2) is 9.78 Å². The molecule has 0 amide bonds. The van der Waals surface area contributed by atoms with Gasteiger partial charge in [-0.3, -0.25) is 9.59 Å². The maximum absolute atomic E-state index is 13.0. The van der Waals surface area contributed by atoms with Crippen LogP contribution in [0.4, 0.5) is 0 Å². The smallest absolute Gasteiger partial charge is 0.396 e. The largest absolute Gasteiger partial charge is 0.458 e. The van der Waals surface area contributed by atoms with Gasteiger partial charge in [-0.15, -0.1) is 0 Å². The normalized spacial score (nSPS) is 24.1. The van der Waals surface area contributed by atoms with Crippen molar-refractivity contribution in [3.63, 3.8) is 0 Å². The Morgan fingerprint density at radius 2 is 1.67 bits per heavy atom. The quantitative estimate of drug-likeness (QED) is 0.141. The van der Waals surface area contributed by atoms with Crippen molar-refractivity contribution in [1.82, 2.24) is 4.98 Å². The molecule has 12 heteroatoms. The van der Waals surface area contributed by atoms with E-state index in [2.05, 4.69) is 12.1 Å². The number of pyridine rings is 1. The first-order valence-electron chi connectivity index (χ1n) is 17.1. The summed E-state index contributed by atoms with van der Waals surface area (Å²) in [5, 5.41) is 34.5. The average molecular weight is 744 g/mol. The zero-order chi connectivity index (χ0) is 36.7. The first-order chi connectivity index (χ1) is 24.8. The van der Waals surface area contributed by atoms with Crippen molar-refractivity contribution in [2.45, 2.75) is 67.9 Å². The number of esters is 3. The zero-order valence-electron chi connectivity index (χ0n) is 28.4. The van der Waals surface area contributed by atoms with Gasteiger partial charge in [0.1, 0.15) is 0 Å². The van der Waals surface area contributed by atoms with E-state index in [1.165, 1.54) is 6.92 Å². The number of ether oxygens (including phenoxy) is 3. The van der Waals surface area contributed by atoms with Crippen LogP contribution < -0.4 is 0 Å². The number of carbonyl (C=O) groups is 3. The fourth-order valence-electron chi connectivity index (χ4n) is 6.69. The lowest BCUT2D eigenvalue weighted by Gasteiger charge is -2.40. The summed E-state index contributed by atoms with van der Waals surface area (Å²) in [6, 6.07) is 24.7. The minimum absolute atomic E-state index is 0.0197. The molecule has 0 radical (unpaired) electrons. The van der Waals surface area contributed by atoms with Crippen LogP contribution >= 0.6 is 23.4 Å². The summed E-state index contributed by atoms with van der Waals surface area (Å²) in [6.45, 7) is 1.37. The van der Waals surface area contributed by atoms with Gasteiger partial charge in [-0.2, -0.15) is 11.8 Å². The molecule has 1 aromatic heterocycles. The maximum atomic E-state index is 13.0. The fraction of sp³-hybridized carbons (Fsp3) is 0.350. The summed E-state index contributed by atoms with van der Waals surface area (Å²) in [7, 11) is 0. The molecule has 4 aromatic rings. The molecule has 0 spiro atoms.